The highest BCUT2D eigenvalue weighted by Crippen LogP contribution is 2.26. The standard InChI is InChI=1S/C21H26FN3O2/c1-15-4-9-20(27-3)19(14-15)23-21(26)16(2)24-10-12-25(13-11-24)18-7-5-17(22)6-8-18/h4-9,14,16H,10-13H2,1-3H3,(H,23,26)/t16-/m0/s1. The van der Waals surface area contributed by atoms with Gasteiger partial charge in [-0.15, -0.1) is 0 Å². The average Bonchev–Trinajstić information content (AvgIpc) is 2.68. The number of hydrogen-bond donors (Lipinski definition) is 1. The second kappa shape index (κ2) is 8.39. The summed E-state index contributed by atoms with van der Waals surface area (Å²) in [6.07, 6.45) is 0. The lowest BCUT2D eigenvalue weighted by molar-refractivity contribution is -0.120. The van der Waals surface area contributed by atoms with Crippen LogP contribution < -0.4 is 15.0 Å². The molecule has 1 N–H and O–H groups in total. The maximum Gasteiger partial charge on any atom is 0.241 e. The van der Waals surface area contributed by atoms with Gasteiger partial charge in [-0.1, -0.05) is 6.07 Å². The van der Waals surface area contributed by atoms with E-state index in [4.69, 9.17) is 4.74 Å². The fraction of sp³-hybridized carbons (Fsp3) is 0.381. The number of piperazine rings is 1. The predicted octanol–water partition coefficient (Wildman–Crippen LogP) is 3.29. The summed E-state index contributed by atoms with van der Waals surface area (Å²) in [7, 11) is 1.60. The topological polar surface area (TPSA) is 44.8 Å². The molecule has 0 radical (unpaired) electrons. The zero-order valence-corrected chi connectivity index (χ0v) is 16.0. The molecule has 6 heteroatoms. The normalized spacial score (nSPS) is 16.1. The molecule has 1 fully saturated rings. The number of rotatable bonds is 5. The van der Waals surface area contributed by atoms with Gasteiger partial charge in [0.1, 0.15) is 11.6 Å². The van der Waals surface area contributed by atoms with Crippen LogP contribution in [0.1, 0.15) is 12.5 Å². The lowest BCUT2D eigenvalue weighted by atomic mass is 10.1. The quantitative estimate of drug-likeness (QED) is 0.876. The van der Waals surface area contributed by atoms with Crippen molar-refractivity contribution < 1.29 is 13.9 Å². The molecule has 0 bridgehead atoms. The first-order valence-electron chi connectivity index (χ1n) is 9.18. The number of nitrogens with one attached hydrogen (secondary N) is 1. The van der Waals surface area contributed by atoms with Crippen LogP contribution in [0.3, 0.4) is 0 Å². The summed E-state index contributed by atoms with van der Waals surface area (Å²) in [5.74, 6) is 0.380. The molecule has 1 heterocycles. The van der Waals surface area contributed by atoms with E-state index >= 15 is 0 Å². The number of methoxy groups -OCH3 is 1. The first-order chi connectivity index (χ1) is 13.0. The third kappa shape index (κ3) is 4.57. The van der Waals surface area contributed by atoms with Crippen molar-refractivity contribution in [2.75, 3.05) is 43.5 Å². The molecular formula is C21H26FN3O2. The van der Waals surface area contributed by atoms with E-state index in [-0.39, 0.29) is 17.8 Å². The lowest BCUT2D eigenvalue weighted by Gasteiger charge is -2.38. The van der Waals surface area contributed by atoms with Gasteiger partial charge in [0.25, 0.3) is 0 Å². The highest BCUT2D eigenvalue weighted by atomic mass is 19.1. The molecule has 1 amide bonds. The van der Waals surface area contributed by atoms with Gasteiger partial charge in [0.15, 0.2) is 0 Å². The van der Waals surface area contributed by atoms with E-state index in [2.05, 4.69) is 15.1 Å². The van der Waals surface area contributed by atoms with Gasteiger partial charge in [-0.3, -0.25) is 9.69 Å². The molecule has 3 rings (SSSR count). The molecule has 1 aliphatic rings. The fourth-order valence-corrected chi connectivity index (χ4v) is 3.34. The van der Waals surface area contributed by atoms with Gasteiger partial charge in [0.2, 0.25) is 5.91 Å². The zero-order chi connectivity index (χ0) is 19.4. The minimum Gasteiger partial charge on any atom is -0.495 e. The van der Waals surface area contributed by atoms with Gasteiger partial charge < -0.3 is 15.0 Å². The van der Waals surface area contributed by atoms with Gasteiger partial charge in [0.05, 0.1) is 18.8 Å². The average molecular weight is 371 g/mol. The van der Waals surface area contributed by atoms with E-state index in [9.17, 15) is 9.18 Å². The predicted molar refractivity (Wildman–Crippen MR) is 106 cm³/mol. The largest absolute Gasteiger partial charge is 0.495 e. The van der Waals surface area contributed by atoms with Gasteiger partial charge >= 0.3 is 0 Å². The summed E-state index contributed by atoms with van der Waals surface area (Å²) in [6, 6.07) is 12.0. The van der Waals surface area contributed by atoms with Crippen LogP contribution in [0.5, 0.6) is 5.75 Å². The van der Waals surface area contributed by atoms with Crippen molar-refractivity contribution in [3.8, 4) is 5.75 Å². The maximum absolute atomic E-state index is 13.1. The molecule has 0 saturated carbocycles. The van der Waals surface area contributed by atoms with Crippen LogP contribution in [0.25, 0.3) is 0 Å². The number of carbonyl (C=O) groups is 1. The second-order valence-electron chi connectivity index (χ2n) is 6.87. The Labute approximate surface area is 159 Å². The molecule has 144 valence electrons. The van der Waals surface area contributed by atoms with Crippen LogP contribution in [0.15, 0.2) is 42.5 Å². The van der Waals surface area contributed by atoms with Gasteiger partial charge in [-0.2, -0.15) is 0 Å². The zero-order valence-electron chi connectivity index (χ0n) is 16.0. The minimum atomic E-state index is -0.245. The number of benzene rings is 2. The number of nitrogens with zero attached hydrogens (tertiary/aromatic N) is 2. The van der Waals surface area contributed by atoms with Crippen LogP contribution in [0, 0.1) is 12.7 Å². The van der Waals surface area contributed by atoms with Crippen molar-refractivity contribution in [2.45, 2.75) is 19.9 Å². The van der Waals surface area contributed by atoms with Crippen molar-refractivity contribution in [1.82, 2.24) is 4.90 Å². The van der Waals surface area contributed by atoms with Gasteiger partial charge in [-0.25, -0.2) is 4.39 Å². The van der Waals surface area contributed by atoms with E-state index < -0.39 is 0 Å². The second-order valence-corrected chi connectivity index (χ2v) is 6.87. The Balaban J connectivity index is 1.58. The Kier molecular flexibility index (Phi) is 5.96. The molecule has 2 aromatic carbocycles. The Morgan fingerprint density at radius 3 is 2.41 bits per heavy atom. The number of amides is 1. The van der Waals surface area contributed by atoms with Crippen molar-refractivity contribution >= 4 is 17.3 Å². The third-order valence-electron chi connectivity index (χ3n) is 5.05. The SMILES string of the molecule is COc1ccc(C)cc1NC(=O)[C@H](C)N1CCN(c2ccc(F)cc2)CC1. The number of anilines is 2. The van der Waals surface area contributed by atoms with Crippen molar-refractivity contribution in [1.29, 1.82) is 0 Å². The maximum atomic E-state index is 13.1. The first kappa shape index (κ1) is 19.2. The lowest BCUT2D eigenvalue weighted by Crippen LogP contribution is -2.52. The number of aryl methyl sites for hydroxylation is 1. The van der Waals surface area contributed by atoms with E-state index in [0.717, 1.165) is 37.4 Å². The molecule has 1 aliphatic heterocycles. The molecule has 5 nitrogen and oxygen atoms in total. The molecule has 0 aromatic heterocycles. The highest BCUT2D eigenvalue weighted by Gasteiger charge is 2.26. The third-order valence-corrected chi connectivity index (χ3v) is 5.05. The molecule has 0 spiro atoms. The Hall–Kier alpha value is -2.60. The summed E-state index contributed by atoms with van der Waals surface area (Å²) in [6.45, 7) is 7.06. The molecule has 0 aliphatic carbocycles. The molecule has 1 atom stereocenters. The minimum absolute atomic E-state index is 0.0471. The number of halogens is 1. The van der Waals surface area contributed by atoms with Crippen LogP contribution >= 0.6 is 0 Å². The van der Waals surface area contributed by atoms with E-state index in [1.807, 2.05) is 32.0 Å². The van der Waals surface area contributed by atoms with Crippen LogP contribution in [0.2, 0.25) is 0 Å². The van der Waals surface area contributed by atoms with Crippen molar-refractivity contribution in [2.24, 2.45) is 0 Å². The molecule has 1 saturated heterocycles. The smallest absolute Gasteiger partial charge is 0.241 e. The summed E-state index contributed by atoms with van der Waals surface area (Å²) in [5, 5.41) is 2.99. The van der Waals surface area contributed by atoms with E-state index in [0.29, 0.717) is 11.4 Å². The molecular weight excluding hydrogens is 345 g/mol. The molecule has 27 heavy (non-hydrogen) atoms. The molecule has 0 unspecified atom stereocenters. The van der Waals surface area contributed by atoms with Crippen LogP contribution in [-0.4, -0.2) is 50.1 Å². The first-order valence-corrected chi connectivity index (χ1v) is 9.18. The van der Waals surface area contributed by atoms with E-state index in [1.165, 1.54) is 12.1 Å². The monoisotopic (exact) mass is 371 g/mol. The number of hydrogen-bond acceptors (Lipinski definition) is 4. The van der Waals surface area contributed by atoms with E-state index in [1.54, 1.807) is 19.2 Å². The van der Waals surface area contributed by atoms with Gasteiger partial charge in [-0.05, 0) is 55.8 Å². The fourth-order valence-electron chi connectivity index (χ4n) is 3.34. The van der Waals surface area contributed by atoms with Gasteiger partial charge in [0, 0.05) is 31.9 Å². The Bertz CT molecular complexity index is 787. The Morgan fingerprint density at radius 1 is 1.11 bits per heavy atom. The van der Waals surface area contributed by atoms with Crippen molar-refractivity contribution in [3.63, 3.8) is 0 Å². The summed E-state index contributed by atoms with van der Waals surface area (Å²) < 4.78 is 18.4. The van der Waals surface area contributed by atoms with Crippen molar-refractivity contribution in [3.05, 3.63) is 53.8 Å². The summed E-state index contributed by atoms with van der Waals surface area (Å²) in [4.78, 5) is 17.1. The number of ether oxygens (including phenoxy) is 1. The highest BCUT2D eigenvalue weighted by molar-refractivity contribution is 5.96. The number of carbonyl (C=O) groups excluding carboxylic acids is 1. The van der Waals surface area contributed by atoms with Crippen LogP contribution in [0.4, 0.5) is 15.8 Å². The van der Waals surface area contributed by atoms with Crippen LogP contribution in [-0.2, 0) is 4.79 Å². The summed E-state index contributed by atoms with van der Waals surface area (Å²) >= 11 is 0. The molecule has 2 aromatic rings. The Morgan fingerprint density at radius 2 is 1.78 bits per heavy atom. The summed E-state index contributed by atoms with van der Waals surface area (Å²) in [5.41, 5.74) is 2.77.